The number of hydrogen-bond donors (Lipinski definition) is 8. The van der Waals surface area contributed by atoms with E-state index in [1.54, 1.807) is 34.6 Å². The van der Waals surface area contributed by atoms with Gasteiger partial charge < -0.3 is 61.4 Å². The number of thioether (sulfide) groups is 1. The van der Waals surface area contributed by atoms with E-state index in [4.69, 9.17) is 14.2 Å². The van der Waals surface area contributed by atoms with Gasteiger partial charge in [-0.15, -0.1) is 11.8 Å². The lowest BCUT2D eigenvalue weighted by atomic mass is 9.74. The molecular weight excluding hydrogens is 1400 g/mol. The number of anilines is 1. The van der Waals surface area contributed by atoms with Crippen molar-refractivity contribution in [3.05, 3.63) is 245 Å². The Balaban J connectivity index is 0.918. The average molecular weight is 1500 g/mol. The number of ether oxygens (including phenoxy) is 3. The summed E-state index contributed by atoms with van der Waals surface area (Å²) >= 11 is 1.31. The first-order valence-corrected chi connectivity index (χ1v) is 38.4. The molecule has 2 fully saturated rings. The molecule has 0 spiro atoms. The normalized spacial score (nSPS) is 19.4. The molecule has 3 aliphatic rings. The summed E-state index contributed by atoms with van der Waals surface area (Å²) in [5.74, 6) is -8.02. The molecule has 3 unspecified atom stereocenters. The van der Waals surface area contributed by atoms with Gasteiger partial charge in [0.15, 0.2) is 0 Å². The van der Waals surface area contributed by atoms with E-state index in [1.807, 2.05) is 246 Å². The number of rotatable bonds is 31. The number of nitrogens with zero attached hydrogens (tertiary/aromatic N) is 2. The maximum absolute atomic E-state index is 15.6. The monoisotopic (exact) mass is 1500 g/mol. The molecule has 2 saturated heterocycles. The fourth-order valence-corrected chi connectivity index (χ4v) is 16.7. The van der Waals surface area contributed by atoms with Crippen LogP contribution >= 0.6 is 11.8 Å². The third-order valence-corrected chi connectivity index (χ3v) is 22.2. The van der Waals surface area contributed by atoms with Crippen LogP contribution in [0.2, 0.25) is 0 Å². The standard InChI is InChI=1S/C86H103N9O13S/c1-12-55(3)73(92-71(97)52-87-76(100)69-50-84(105)64-46-32-33-47-65(64)91-81(84)95(69)85(57-34-20-14-21-35-57,58-36-22-15-23-37-58)59-38-24-16-25-39-59)78(102)88-51-70(96)89-67(54-109-86(60-40-26-17-27-41-60,61-42-28-18-29-43-61)62-44-30-19-31-45-62)75(99)90-66(49-72(98)106-11)79(103)94-53-63(107-82(5,6)7)48-68(94)77(101)93-74(56(4)13-2)80(104)108-83(8,9)10/h14-47,55-56,63,66-69,73-74,81,91,105H,12-13,48-54H2,1-11H3,(H,87,100)(H,88,102)(H,89,96)(H,90,99)(H,92,97)(H,93,101)/t55-,56-,63+,66-,67-,68-,69?,73-,74-,81?,84?/m0/s1. The molecule has 0 radical (unpaired) electrons. The van der Waals surface area contributed by atoms with Crippen molar-refractivity contribution >= 4 is 70.7 Å². The van der Waals surface area contributed by atoms with Gasteiger partial charge >= 0.3 is 11.9 Å². The van der Waals surface area contributed by atoms with Gasteiger partial charge in [0.25, 0.3) is 0 Å². The summed E-state index contributed by atoms with van der Waals surface area (Å²) in [6, 6.07) is 57.7. The summed E-state index contributed by atoms with van der Waals surface area (Å²) < 4.78 is 16.2. The van der Waals surface area contributed by atoms with Crippen molar-refractivity contribution in [2.45, 2.75) is 177 Å². The molecule has 8 N–H and O–H groups in total. The number of esters is 2. The predicted molar refractivity (Wildman–Crippen MR) is 419 cm³/mol. The maximum Gasteiger partial charge on any atom is 0.329 e. The fourth-order valence-electron chi connectivity index (χ4n) is 15.1. The fraction of sp³-hybridized carbons (Fsp3) is 0.407. The van der Waals surface area contributed by atoms with Gasteiger partial charge in [-0.2, -0.15) is 0 Å². The van der Waals surface area contributed by atoms with Gasteiger partial charge in [-0.05, 0) is 92.8 Å². The molecule has 23 heteroatoms. The SMILES string of the molecule is CC[C@H](C)[C@H](NC(=O)CNC(=O)C1CC2(O)c3ccccc3NC2N1C(c1ccccc1)(c1ccccc1)c1ccccc1)C(=O)NCC(=O)N[C@@H](CSC(c1ccccc1)(c1ccccc1)c1ccccc1)C(=O)N[C@@H](CC(=O)OC)C(=O)N1C[C@H](OC(C)(C)C)C[C@H]1C(=O)N[C@H](C(=O)OC(C)(C)C)[C@@H](C)CC. The largest absolute Gasteiger partial charge is 0.469 e. The third kappa shape index (κ3) is 18.6. The Kier molecular flexibility index (Phi) is 26.4. The molecule has 7 aromatic rings. The van der Waals surface area contributed by atoms with E-state index in [1.165, 1.54) is 16.7 Å². The highest BCUT2D eigenvalue weighted by molar-refractivity contribution is 8.00. The second-order valence-electron chi connectivity index (χ2n) is 30.4. The van der Waals surface area contributed by atoms with Crippen LogP contribution in [-0.4, -0.2) is 160 Å². The van der Waals surface area contributed by atoms with E-state index in [9.17, 15) is 33.9 Å². The van der Waals surface area contributed by atoms with Crippen LogP contribution in [0.25, 0.3) is 0 Å². The van der Waals surface area contributed by atoms with Crippen molar-refractivity contribution in [1.29, 1.82) is 0 Å². The lowest BCUT2D eigenvalue weighted by molar-refractivity contribution is -0.160. The molecule has 7 aromatic carbocycles. The van der Waals surface area contributed by atoms with Gasteiger partial charge in [-0.1, -0.05) is 241 Å². The summed E-state index contributed by atoms with van der Waals surface area (Å²) in [7, 11) is 1.13. The molecule has 109 heavy (non-hydrogen) atoms. The lowest BCUT2D eigenvalue weighted by Crippen LogP contribution is -2.60. The Bertz CT molecular complexity index is 4110. The van der Waals surface area contributed by atoms with Crippen LogP contribution in [0.1, 0.15) is 140 Å². The predicted octanol–water partition coefficient (Wildman–Crippen LogP) is 9.37. The molecule has 576 valence electrons. The first-order chi connectivity index (χ1) is 52.1. The zero-order valence-electron chi connectivity index (χ0n) is 63.9. The van der Waals surface area contributed by atoms with Crippen LogP contribution in [0.4, 0.5) is 5.69 Å². The minimum Gasteiger partial charge on any atom is -0.469 e. The quantitative estimate of drug-likeness (QED) is 0.0148. The number of para-hydroxylation sites is 1. The van der Waals surface area contributed by atoms with E-state index in [0.29, 0.717) is 24.1 Å². The van der Waals surface area contributed by atoms with E-state index >= 15 is 14.4 Å². The molecule has 0 aliphatic carbocycles. The van der Waals surface area contributed by atoms with Crippen LogP contribution < -0.4 is 37.2 Å². The average Bonchev–Trinajstić information content (AvgIpc) is 1.54. The van der Waals surface area contributed by atoms with Gasteiger partial charge in [-0.25, -0.2) is 4.79 Å². The Labute approximate surface area is 643 Å². The summed E-state index contributed by atoms with van der Waals surface area (Å²) in [5, 5.41) is 33.6. The van der Waals surface area contributed by atoms with Crippen molar-refractivity contribution in [2.24, 2.45) is 11.8 Å². The van der Waals surface area contributed by atoms with Gasteiger partial charge in [-0.3, -0.25) is 43.3 Å². The Morgan fingerprint density at radius 1 is 0.550 bits per heavy atom. The second-order valence-corrected chi connectivity index (χ2v) is 31.6. The number of fused-ring (bicyclic) bond motifs is 3. The molecular formula is C86H103N9O13S. The maximum atomic E-state index is 15.6. The first kappa shape index (κ1) is 81.3. The Morgan fingerprint density at radius 2 is 1.02 bits per heavy atom. The highest BCUT2D eigenvalue weighted by atomic mass is 32.2. The number of hydrogen-bond acceptors (Lipinski definition) is 16. The number of methoxy groups -OCH3 is 1. The molecule has 3 heterocycles. The van der Waals surface area contributed by atoms with Crippen LogP contribution in [0, 0.1) is 11.8 Å². The topological polar surface area (TPSA) is 292 Å². The first-order valence-electron chi connectivity index (χ1n) is 37.4. The lowest BCUT2D eigenvalue weighted by Gasteiger charge is -2.48. The van der Waals surface area contributed by atoms with Crippen LogP contribution in [-0.2, 0) is 73.2 Å². The van der Waals surface area contributed by atoms with E-state index in [2.05, 4.69) is 37.2 Å². The molecule has 11 atom stereocenters. The van der Waals surface area contributed by atoms with Gasteiger partial charge in [0.2, 0.25) is 41.4 Å². The van der Waals surface area contributed by atoms with Gasteiger partial charge in [0.1, 0.15) is 47.6 Å². The second kappa shape index (κ2) is 35.4. The minimum absolute atomic E-state index is 0.0178. The van der Waals surface area contributed by atoms with Gasteiger partial charge in [0, 0.05) is 36.4 Å². The van der Waals surface area contributed by atoms with E-state index in [-0.39, 0.29) is 25.1 Å². The minimum atomic E-state index is -1.71. The number of carbonyl (C=O) groups is 9. The number of amides is 7. The number of likely N-dealkylation sites (tertiary alicyclic amines) is 2. The van der Waals surface area contributed by atoms with Crippen LogP contribution in [0.15, 0.2) is 206 Å². The van der Waals surface area contributed by atoms with E-state index in [0.717, 1.165) is 40.5 Å². The highest BCUT2D eigenvalue weighted by Gasteiger charge is 2.65. The van der Waals surface area contributed by atoms with Crippen molar-refractivity contribution < 1.29 is 62.5 Å². The summed E-state index contributed by atoms with van der Waals surface area (Å²) in [5.41, 5.74) is 1.79. The highest BCUT2D eigenvalue weighted by Crippen LogP contribution is 2.57. The van der Waals surface area contributed by atoms with Crippen LogP contribution in [0.3, 0.4) is 0 Å². The van der Waals surface area contributed by atoms with Crippen molar-refractivity contribution in [3.8, 4) is 0 Å². The molecule has 10 rings (SSSR count). The Hall–Kier alpha value is -10.2. The summed E-state index contributed by atoms with van der Waals surface area (Å²) in [4.78, 5) is 136. The van der Waals surface area contributed by atoms with Crippen LogP contribution in [0.5, 0.6) is 0 Å². The number of benzene rings is 7. The molecule has 0 saturated carbocycles. The molecule has 22 nitrogen and oxygen atoms in total. The molecule has 0 aromatic heterocycles. The number of carbonyl (C=O) groups excluding carboxylic acids is 9. The van der Waals surface area contributed by atoms with Crippen molar-refractivity contribution in [1.82, 2.24) is 41.7 Å². The zero-order valence-corrected chi connectivity index (χ0v) is 64.7. The number of nitrogens with one attached hydrogen (secondary N) is 7. The third-order valence-electron chi connectivity index (χ3n) is 20.6. The smallest absolute Gasteiger partial charge is 0.329 e. The Morgan fingerprint density at radius 3 is 1.50 bits per heavy atom. The van der Waals surface area contributed by atoms with E-state index < -0.39 is 160 Å². The number of aliphatic hydroxyl groups is 1. The summed E-state index contributed by atoms with van der Waals surface area (Å²) in [6.45, 7) is 16.4. The van der Waals surface area contributed by atoms with Gasteiger partial charge in [0.05, 0.1) is 54.7 Å². The molecule has 7 amide bonds. The summed E-state index contributed by atoms with van der Waals surface area (Å²) in [6.07, 6.45) is -1.52. The van der Waals surface area contributed by atoms with Crippen molar-refractivity contribution in [2.75, 3.05) is 37.8 Å². The van der Waals surface area contributed by atoms with Crippen molar-refractivity contribution in [3.63, 3.8) is 0 Å². The molecule has 3 aliphatic heterocycles. The zero-order chi connectivity index (χ0) is 78.4. The molecule has 0 bridgehead atoms.